The first-order chi connectivity index (χ1) is 9.89. The number of carboxylic acids is 1. The van der Waals surface area contributed by atoms with Crippen molar-refractivity contribution in [2.75, 3.05) is 6.54 Å². The van der Waals surface area contributed by atoms with E-state index in [2.05, 4.69) is 4.98 Å². The quantitative estimate of drug-likeness (QED) is 0.844. The molecule has 0 unspecified atom stereocenters. The number of rotatable bonds is 3. The van der Waals surface area contributed by atoms with Crippen LogP contribution in [0.1, 0.15) is 12.8 Å². The Morgan fingerprint density at radius 2 is 2.19 bits per heavy atom. The first-order valence-corrected chi connectivity index (χ1v) is 7.71. The Hall–Kier alpha value is -2.13. The van der Waals surface area contributed by atoms with Gasteiger partial charge in [-0.05, 0) is 25.0 Å². The summed E-state index contributed by atoms with van der Waals surface area (Å²) in [6.45, 7) is 0.161. The molecule has 2 heterocycles. The van der Waals surface area contributed by atoms with E-state index in [0.29, 0.717) is 11.9 Å². The number of carbonyl (C=O) groups is 1. The minimum absolute atomic E-state index is 0.0918. The molecule has 1 atom stereocenters. The normalized spacial score (nSPS) is 20.1. The van der Waals surface area contributed by atoms with E-state index in [1.165, 1.54) is 18.2 Å². The van der Waals surface area contributed by atoms with Gasteiger partial charge in [0.05, 0.1) is 10.4 Å². The second-order valence-electron chi connectivity index (χ2n) is 4.78. The van der Waals surface area contributed by atoms with E-state index in [9.17, 15) is 18.0 Å². The van der Waals surface area contributed by atoms with Gasteiger partial charge in [0.1, 0.15) is 6.04 Å². The first-order valence-electron chi connectivity index (χ1n) is 6.27. The number of aromatic nitrogens is 1. The summed E-state index contributed by atoms with van der Waals surface area (Å²) in [6.07, 6.45) is 0.785. The first kappa shape index (κ1) is 13.8. The summed E-state index contributed by atoms with van der Waals surface area (Å²) in [7, 11) is -3.94. The molecule has 1 aliphatic heterocycles. The highest BCUT2D eigenvalue weighted by atomic mass is 32.2. The number of nitrogens with one attached hydrogen (secondary N) is 1. The Bertz CT molecular complexity index is 865. The smallest absolute Gasteiger partial charge is 0.417 e. The fourth-order valence-corrected chi connectivity index (χ4v) is 4.16. The summed E-state index contributed by atoms with van der Waals surface area (Å²) in [5, 5.41) is 9.10. The van der Waals surface area contributed by atoms with Gasteiger partial charge in [-0.25, -0.2) is 13.2 Å². The van der Waals surface area contributed by atoms with Crippen LogP contribution in [-0.2, 0) is 14.8 Å². The van der Waals surface area contributed by atoms with Crippen LogP contribution >= 0.6 is 0 Å². The Morgan fingerprint density at radius 1 is 1.43 bits per heavy atom. The van der Waals surface area contributed by atoms with E-state index in [0.717, 1.165) is 4.31 Å². The van der Waals surface area contributed by atoms with Crippen molar-refractivity contribution < 1.29 is 22.7 Å². The molecule has 1 fully saturated rings. The monoisotopic (exact) mass is 312 g/mol. The van der Waals surface area contributed by atoms with Crippen molar-refractivity contribution in [3.8, 4) is 0 Å². The number of H-pyrrole nitrogens is 1. The highest BCUT2D eigenvalue weighted by Crippen LogP contribution is 2.27. The van der Waals surface area contributed by atoms with Crippen molar-refractivity contribution >= 4 is 27.1 Å². The van der Waals surface area contributed by atoms with Crippen molar-refractivity contribution in [3.63, 3.8) is 0 Å². The van der Waals surface area contributed by atoms with Gasteiger partial charge >= 0.3 is 11.7 Å². The van der Waals surface area contributed by atoms with Crippen LogP contribution in [0.5, 0.6) is 0 Å². The van der Waals surface area contributed by atoms with Crippen LogP contribution in [0, 0.1) is 0 Å². The molecule has 0 spiro atoms. The number of benzene rings is 1. The van der Waals surface area contributed by atoms with Crippen LogP contribution < -0.4 is 5.76 Å². The van der Waals surface area contributed by atoms with Crippen molar-refractivity contribution in [3.05, 3.63) is 28.7 Å². The van der Waals surface area contributed by atoms with E-state index in [1.807, 2.05) is 0 Å². The third-order valence-electron chi connectivity index (χ3n) is 3.49. The Labute approximate surface area is 119 Å². The molecule has 1 saturated heterocycles. The van der Waals surface area contributed by atoms with Crippen LogP contribution in [0.2, 0.25) is 0 Å². The second kappa shape index (κ2) is 4.71. The number of aliphatic carboxylic acids is 1. The van der Waals surface area contributed by atoms with E-state index in [-0.39, 0.29) is 23.4 Å². The molecule has 0 amide bonds. The summed E-state index contributed by atoms with van der Waals surface area (Å²) < 4.78 is 30.9. The molecule has 3 rings (SSSR count). The molecule has 2 aromatic rings. The fourth-order valence-electron chi connectivity index (χ4n) is 2.50. The van der Waals surface area contributed by atoms with E-state index < -0.39 is 27.8 Å². The Balaban J connectivity index is 2.07. The van der Waals surface area contributed by atoms with Gasteiger partial charge in [0.2, 0.25) is 10.0 Å². The highest BCUT2D eigenvalue weighted by molar-refractivity contribution is 7.89. The largest absolute Gasteiger partial charge is 0.480 e. The Kier molecular flexibility index (Phi) is 3.10. The molecule has 2 N–H and O–H groups in total. The third kappa shape index (κ3) is 2.24. The van der Waals surface area contributed by atoms with E-state index >= 15 is 0 Å². The SMILES string of the molecule is O=C(O)[C@@H]1CCCN1S(=O)(=O)c1ccc2[nH]c(=O)oc2c1. The molecule has 0 bridgehead atoms. The number of aromatic amines is 1. The number of carboxylic acid groups (broad SMARTS) is 1. The zero-order chi connectivity index (χ0) is 15.2. The van der Waals surface area contributed by atoms with Crippen molar-refractivity contribution in [2.24, 2.45) is 0 Å². The molecule has 0 aliphatic carbocycles. The van der Waals surface area contributed by atoms with Gasteiger partial charge in [0, 0.05) is 12.6 Å². The lowest BCUT2D eigenvalue weighted by molar-refractivity contribution is -0.140. The lowest BCUT2D eigenvalue weighted by Crippen LogP contribution is -2.40. The third-order valence-corrected chi connectivity index (χ3v) is 5.39. The molecule has 21 heavy (non-hydrogen) atoms. The minimum atomic E-state index is -3.94. The Morgan fingerprint density at radius 3 is 2.90 bits per heavy atom. The van der Waals surface area contributed by atoms with Gasteiger partial charge in [-0.2, -0.15) is 4.31 Å². The van der Waals surface area contributed by atoms with Crippen LogP contribution in [0.3, 0.4) is 0 Å². The number of hydrogen-bond acceptors (Lipinski definition) is 5. The number of oxazole rings is 1. The summed E-state index contributed by atoms with van der Waals surface area (Å²) in [6, 6.07) is 2.91. The average Bonchev–Trinajstić information content (AvgIpc) is 3.02. The molecule has 1 aromatic heterocycles. The van der Waals surface area contributed by atoms with Crippen LogP contribution in [-0.4, -0.2) is 41.4 Å². The lowest BCUT2D eigenvalue weighted by atomic mass is 10.2. The topological polar surface area (TPSA) is 121 Å². The van der Waals surface area contributed by atoms with Gasteiger partial charge in [0.15, 0.2) is 5.58 Å². The van der Waals surface area contributed by atoms with E-state index in [4.69, 9.17) is 9.52 Å². The van der Waals surface area contributed by atoms with Crippen molar-refractivity contribution in [2.45, 2.75) is 23.8 Å². The van der Waals surface area contributed by atoms with Crippen molar-refractivity contribution in [1.82, 2.24) is 9.29 Å². The summed E-state index contributed by atoms with van der Waals surface area (Å²) in [4.78, 5) is 24.5. The number of nitrogens with zero attached hydrogens (tertiary/aromatic N) is 1. The summed E-state index contributed by atoms with van der Waals surface area (Å²) in [5.74, 6) is -1.84. The second-order valence-corrected chi connectivity index (χ2v) is 6.68. The molecule has 9 heteroatoms. The lowest BCUT2D eigenvalue weighted by Gasteiger charge is -2.20. The maximum absolute atomic E-state index is 12.5. The van der Waals surface area contributed by atoms with Gasteiger partial charge in [0.25, 0.3) is 0 Å². The predicted molar refractivity (Wildman–Crippen MR) is 71.4 cm³/mol. The van der Waals surface area contributed by atoms with Gasteiger partial charge in [-0.1, -0.05) is 0 Å². The molecular formula is C12H12N2O6S. The zero-order valence-electron chi connectivity index (χ0n) is 10.8. The molecule has 0 saturated carbocycles. The maximum Gasteiger partial charge on any atom is 0.417 e. The highest BCUT2D eigenvalue weighted by Gasteiger charge is 2.39. The van der Waals surface area contributed by atoms with Gasteiger partial charge < -0.3 is 9.52 Å². The average molecular weight is 312 g/mol. The number of sulfonamides is 1. The minimum Gasteiger partial charge on any atom is -0.480 e. The molecule has 0 radical (unpaired) electrons. The molecule has 1 aliphatic rings. The van der Waals surface area contributed by atoms with E-state index in [1.54, 1.807) is 0 Å². The molecule has 112 valence electrons. The standard InChI is InChI=1S/C12H12N2O6S/c15-11(16)9-2-1-5-14(9)21(18,19)7-3-4-8-10(6-7)20-12(17)13-8/h3-4,6,9H,1-2,5H2,(H,13,17)(H,15,16)/t9-/m0/s1. The van der Waals surface area contributed by atoms with Gasteiger partial charge in [-0.3, -0.25) is 9.78 Å². The van der Waals surface area contributed by atoms with Crippen LogP contribution in [0.4, 0.5) is 0 Å². The zero-order valence-corrected chi connectivity index (χ0v) is 11.6. The number of hydrogen-bond donors (Lipinski definition) is 2. The maximum atomic E-state index is 12.5. The van der Waals surface area contributed by atoms with Crippen molar-refractivity contribution in [1.29, 1.82) is 0 Å². The van der Waals surface area contributed by atoms with Crippen LogP contribution in [0.15, 0.2) is 32.3 Å². The molecule has 1 aromatic carbocycles. The molecular weight excluding hydrogens is 300 g/mol. The number of fused-ring (bicyclic) bond motifs is 1. The molecule has 8 nitrogen and oxygen atoms in total. The fraction of sp³-hybridized carbons (Fsp3) is 0.333. The predicted octanol–water partition coefficient (Wildman–Crippen LogP) is 0.359. The van der Waals surface area contributed by atoms with Gasteiger partial charge in [-0.15, -0.1) is 0 Å². The van der Waals surface area contributed by atoms with Crippen LogP contribution in [0.25, 0.3) is 11.1 Å². The summed E-state index contributed by atoms with van der Waals surface area (Å²) >= 11 is 0. The summed E-state index contributed by atoms with van der Waals surface area (Å²) in [5.41, 5.74) is 0.502.